The van der Waals surface area contributed by atoms with Gasteiger partial charge in [0.1, 0.15) is 0 Å². The van der Waals surface area contributed by atoms with Crippen molar-refractivity contribution >= 4 is 39.1 Å². The van der Waals surface area contributed by atoms with Crippen molar-refractivity contribution in [1.82, 2.24) is 4.90 Å². The first-order valence-electron chi connectivity index (χ1n) is 6.53. The van der Waals surface area contributed by atoms with Crippen LogP contribution in [0.2, 0.25) is 10.0 Å². The maximum absolute atomic E-state index is 6.20. The van der Waals surface area contributed by atoms with Gasteiger partial charge in [0, 0.05) is 40.6 Å². The van der Waals surface area contributed by atoms with Gasteiger partial charge in [0.25, 0.3) is 0 Å². The Morgan fingerprint density at radius 3 is 2.42 bits per heavy atom. The van der Waals surface area contributed by atoms with Crippen LogP contribution in [0.15, 0.2) is 18.2 Å². The van der Waals surface area contributed by atoms with Crippen molar-refractivity contribution in [2.45, 2.75) is 25.5 Å². The molecule has 0 spiro atoms. The Hall–Kier alpha value is 0.200. The lowest BCUT2D eigenvalue weighted by molar-refractivity contribution is 0.0141. The molecular formula is C14H18BrCl2NO. The first kappa shape index (κ1) is 15.6. The van der Waals surface area contributed by atoms with Crippen molar-refractivity contribution in [1.29, 1.82) is 0 Å². The Morgan fingerprint density at radius 1 is 1.21 bits per heavy atom. The molecule has 1 aliphatic heterocycles. The zero-order valence-corrected chi connectivity index (χ0v) is 13.8. The SMILES string of the molecule is Clc1cccc(Cl)c1CN1CCC(OCCBr)CC1. The summed E-state index contributed by atoms with van der Waals surface area (Å²) >= 11 is 15.8. The first-order chi connectivity index (χ1) is 9.20. The predicted octanol–water partition coefficient (Wildman–Crippen LogP) is 4.37. The molecule has 1 saturated heterocycles. The molecule has 1 aromatic rings. The quantitative estimate of drug-likeness (QED) is 0.717. The van der Waals surface area contributed by atoms with Gasteiger partial charge in [-0.25, -0.2) is 0 Å². The summed E-state index contributed by atoms with van der Waals surface area (Å²) in [5.41, 5.74) is 1.03. The van der Waals surface area contributed by atoms with Gasteiger partial charge < -0.3 is 4.74 Å². The normalized spacial score (nSPS) is 17.8. The number of alkyl halides is 1. The Balaban J connectivity index is 1.85. The van der Waals surface area contributed by atoms with Crippen LogP contribution < -0.4 is 0 Å². The summed E-state index contributed by atoms with van der Waals surface area (Å²) in [6, 6.07) is 5.68. The molecule has 0 unspecified atom stereocenters. The Labute approximate surface area is 133 Å². The van der Waals surface area contributed by atoms with E-state index in [1.807, 2.05) is 18.2 Å². The number of halogens is 3. The summed E-state index contributed by atoms with van der Waals surface area (Å²) in [5.74, 6) is 0. The fourth-order valence-corrected chi connectivity index (χ4v) is 3.06. The van der Waals surface area contributed by atoms with Crippen LogP contribution in [0.1, 0.15) is 18.4 Å². The molecule has 2 nitrogen and oxygen atoms in total. The summed E-state index contributed by atoms with van der Waals surface area (Å²) < 4.78 is 5.75. The van der Waals surface area contributed by atoms with Crippen molar-refractivity contribution in [2.24, 2.45) is 0 Å². The summed E-state index contributed by atoms with van der Waals surface area (Å²) in [5, 5.41) is 2.41. The smallest absolute Gasteiger partial charge is 0.0599 e. The van der Waals surface area contributed by atoms with Crippen LogP contribution in [-0.4, -0.2) is 36.0 Å². The average Bonchev–Trinajstić information content (AvgIpc) is 2.42. The van der Waals surface area contributed by atoms with E-state index in [2.05, 4.69) is 20.8 Å². The second-order valence-corrected chi connectivity index (χ2v) is 6.34. The van der Waals surface area contributed by atoms with Gasteiger partial charge in [-0.1, -0.05) is 45.2 Å². The Morgan fingerprint density at radius 2 is 1.84 bits per heavy atom. The van der Waals surface area contributed by atoms with Gasteiger partial charge in [0.15, 0.2) is 0 Å². The summed E-state index contributed by atoms with van der Waals surface area (Å²) in [6.07, 6.45) is 2.56. The highest BCUT2D eigenvalue weighted by molar-refractivity contribution is 9.09. The number of benzene rings is 1. The molecule has 0 N–H and O–H groups in total. The van der Waals surface area contributed by atoms with Crippen molar-refractivity contribution in [3.63, 3.8) is 0 Å². The number of hydrogen-bond donors (Lipinski definition) is 0. The number of likely N-dealkylation sites (tertiary alicyclic amines) is 1. The Bertz CT molecular complexity index is 388. The lowest BCUT2D eigenvalue weighted by Crippen LogP contribution is -2.36. The van der Waals surface area contributed by atoms with Crippen molar-refractivity contribution in [3.05, 3.63) is 33.8 Å². The fourth-order valence-electron chi connectivity index (χ4n) is 2.35. The topological polar surface area (TPSA) is 12.5 Å². The summed E-state index contributed by atoms with van der Waals surface area (Å²) in [6.45, 7) is 3.69. The molecule has 0 atom stereocenters. The summed E-state index contributed by atoms with van der Waals surface area (Å²) in [4.78, 5) is 2.39. The van der Waals surface area contributed by atoms with Gasteiger partial charge in [-0.15, -0.1) is 0 Å². The predicted molar refractivity (Wildman–Crippen MR) is 84.5 cm³/mol. The van der Waals surface area contributed by atoms with Crippen LogP contribution in [0.4, 0.5) is 0 Å². The molecule has 2 rings (SSSR count). The lowest BCUT2D eigenvalue weighted by Gasteiger charge is -2.32. The number of ether oxygens (including phenoxy) is 1. The fraction of sp³-hybridized carbons (Fsp3) is 0.571. The molecule has 0 bridgehead atoms. The van der Waals surface area contributed by atoms with E-state index in [-0.39, 0.29) is 0 Å². The zero-order valence-electron chi connectivity index (χ0n) is 10.7. The van der Waals surface area contributed by atoms with E-state index in [9.17, 15) is 0 Å². The molecular weight excluding hydrogens is 349 g/mol. The van der Waals surface area contributed by atoms with Gasteiger partial charge in [0.05, 0.1) is 12.7 Å². The second kappa shape index (κ2) is 7.84. The van der Waals surface area contributed by atoms with Gasteiger partial charge in [-0.05, 0) is 25.0 Å². The largest absolute Gasteiger partial charge is 0.377 e. The molecule has 5 heteroatoms. The number of piperidine rings is 1. The van der Waals surface area contributed by atoms with E-state index in [0.29, 0.717) is 6.10 Å². The minimum absolute atomic E-state index is 0.399. The molecule has 1 fully saturated rings. The molecule has 0 aliphatic carbocycles. The van der Waals surface area contributed by atoms with Crippen LogP contribution in [0, 0.1) is 0 Å². The zero-order chi connectivity index (χ0) is 13.7. The minimum Gasteiger partial charge on any atom is -0.377 e. The maximum Gasteiger partial charge on any atom is 0.0599 e. The molecule has 106 valence electrons. The van der Waals surface area contributed by atoms with Crippen LogP contribution in [-0.2, 0) is 11.3 Å². The van der Waals surface area contributed by atoms with E-state index in [1.54, 1.807) is 0 Å². The average molecular weight is 367 g/mol. The van der Waals surface area contributed by atoms with Gasteiger partial charge in [0.2, 0.25) is 0 Å². The molecule has 1 aromatic carbocycles. The van der Waals surface area contributed by atoms with Crippen LogP contribution in [0.3, 0.4) is 0 Å². The monoisotopic (exact) mass is 365 g/mol. The first-order valence-corrected chi connectivity index (χ1v) is 8.41. The van der Waals surface area contributed by atoms with Crippen LogP contribution in [0.25, 0.3) is 0 Å². The molecule has 0 saturated carbocycles. The highest BCUT2D eigenvalue weighted by Gasteiger charge is 2.20. The number of nitrogens with zero attached hydrogens (tertiary/aromatic N) is 1. The third-order valence-corrected chi connectivity index (χ3v) is 4.44. The van der Waals surface area contributed by atoms with E-state index in [0.717, 1.165) is 60.0 Å². The standard InChI is InChI=1S/C14H18BrCl2NO/c15-6-9-19-11-4-7-18(8-5-11)10-12-13(16)2-1-3-14(12)17/h1-3,11H,4-10H2. The van der Waals surface area contributed by atoms with Crippen molar-refractivity contribution in [2.75, 3.05) is 25.0 Å². The minimum atomic E-state index is 0.399. The van der Waals surface area contributed by atoms with E-state index in [1.165, 1.54) is 0 Å². The molecule has 0 radical (unpaired) electrons. The van der Waals surface area contributed by atoms with E-state index in [4.69, 9.17) is 27.9 Å². The van der Waals surface area contributed by atoms with Gasteiger partial charge in [-0.2, -0.15) is 0 Å². The molecule has 19 heavy (non-hydrogen) atoms. The van der Waals surface area contributed by atoms with Crippen molar-refractivity contribution < 1.29 is 4.74 Å². The third kappa shape index (κ3) is 4.61. The van der Waals surface area contributed by atoms with Crippen molar-refractivity contribution in [3.8, 4) is 0 Å². The molecule has 1 aliphatic rings. The molecule has 0 amide bonds. The lowest BCUT2D eigenvalue weighted by atomic mass is 10.1. The van der Waals surface area contributed by atoms with Gasteiger partial charge >= 0.3 is 0 Å². The number of rotatable bonds is 5. The summed E-state index contributed by atoms with van der Waals surface area (Å²) in [7, 11) is 0. The molecule has 1 heterocycles. The maximum atomic E-state index is 6.20. The Kier molecular flexibility index (Phi) is 6.43. The van der Waals surface area contributed by atoms with E-state index < -0.39 is 0 Å². The third-order valence-electron chi connectivity index (χ3n) is 3.41. The molecule has 0 aromatic heterocycles. The van der Waals surface area contributed by atoms with Crippen LogP contribution in [0.5, 0.6) is 0 Å². The van der Waals surface area contributed by atoms with Gasteiger partial charge in [-0.3, -0.25) is 4.90 Å². The number of hydrogen-bond acceptors (Lipinski definition) is 2. The highest BCUT2D eigenvalue weighted by atomic mass is 79.9. The van der Waals surface area contributed by atoms with E-state index >= 15 is 0 Å². The van der Waals surface area contributed by atoms with Crippen LogP contribution >= 0.6 is 39.1 Å². The second-order valence-electron chi connectivity index (χ2n) is 4.74. The highest BCUT2D eigenvalue weighted by Crippen LogP contribution is 2.27.